The molecule has 0 aromatic carbocycles. The number of amides is 1. The number of nitrogen functional groups attached to an aromatic ring is 1. The summed E-state index contributed by atoms with van der Waals surface area (Å²) in [5, 5.41) is 0. The first-order valence-corrected chi connectivity index (χ1v) is 5.49. The zero-order chi connectivity index (χ0) is 13.5. The second kappa shape index (κ2) is 6.55. The number of nitrogens with one attached hydrogen (secondary N) is 1. The maximum Gasteiger partial charge on any atom is 0.323 e. The Balaban J connectivity index is 3.04. The number of ether oxygens (including phenoxy) is 1. The smallest absolute Gasteiger partial charge is 0.323 e. The first-order chi connectivity index (χ1) is 8.60. The molecule has 0 saturated heterocycles. The molecule has 0 aliphatic rings. The van der Waals surface area contributed by atoms with Crippen LogP contribution >= 0.6 is 0 Å². The lowest BCUT2D eigenvalue weighted by atomic mass is 10.5. The van der Waals surface area contributed by atoms with Gasteiger partial charge in [0.2, 0.25) is 17.8 Å². The van der Waals surface area contributed by atoms with Gasteiger partial charge in [-0.3, -0.25) is 10.2 Å². The summed E-state index contributed by atoms with van der Waals surface area (Å²) in [5.41, 5.74) is 7.46. The molecule has 0 aliphatic carbocycles. The number of primary amides is 1. The van der Waals surface area contributed by atoms with E-state index in [1.807, 2.05) is 6.92 Å². The van der Waals surface area contributed by atoms with Gasteiger partial charge in [0, 0.05) is 6.54 Å². The Morgan fingerprint density at radius 1 is 1.39 bits per heavy atom. The minimum absolute atomic E-state index is 0.0100. The van der Waals surface area contributed by atoms with Crippen LogP contribution in [0.1, 0.15) is 13.8 Å². The van der Waals surface area contributed by atoms with Crippen molar-refractivity contribution < 1.29 is 9.53 Å². The number of rotatable bonds is 7. The van der Waals surface area contributed by atoms with E-state index in [2.05, 4.69) is 20.4 Å². The molecule has 1 heterocycles. The van der Waals surface area contributed by atoms with Gasteiger partial charge in [-0.1, -0.05) is 0 Å². The van der Waals surface area contributed by atoms with Crippen molar-refractivity contribution >= 4 is 17.8 Å². The molecule has 9 heteroatoms. The van der Waals surface area contributed by atoms with Crippen LogP contribution in [0.3, 0.4) is 0 Å². The predicted molar refractivity (Wildman–Crippen MR) is 65.9 cm³/mol. The summed E-state index contributed by atoms with van der Waals surface area (Å²) in [6.45, 7) is 4.59. The normalized spacial score (nSPS) is 9.94. The number of hydrogen-bond donors (Lipinski definition) is 3. The third kappa shape index (κ3) is 3.70. The van der Waals surface area contributed by atoms with Gasteiger partial charge in [0.1, 0.15) is 0 Å². The molecule has 0 spiro atoms. The minimum atomic E-state index is -0.475. The number of hydrazine groups is 1. The van der Waals surface area contributed by atoms with Crippen molar-refractivity contribution in [1.29, 1.82) is 0 Å². The Labute approximate surface area is 105 Å². The molecule has 0 aliphatic heterocycles. The molecular formula is C9H17N7O2. The summed E-state index contributed by atoms with van der Waals surface area (Å²) < 4.78 is 5.19. The predicted octanol–water partition coefficient (Wildman–Crippen LogP) is -1.13. The molecule has 0 radical (unpaired) electrons. The number of nitrogens with zero attached hydrogens (tertiary/aromatic N) is 4. The number of anilines is 2. The summed E-state index contributed by atoms with van der Waals surface area (Å²) in [4.78, 5) is 24.6. The van der Waals surface area contributed by atoms with Gasteiger partial charge in [-0.05, 0) is 13.8 Å². The van der Waals surface area contributed by atoms with Crippen LogP contribution in [-0.2, 0) is 4.79 Å². The third-order valence-corrected chi connectivity index (χ3v) is 2.02. The Morgan fingerprint density at radius 3 is 2.61 bits per heavy atom. The Kier molecular flexibility index (Phi) is 5.06. The number of aromatic nitrogens is 3. The van der Waals surface area contributed by atoms with E-state index in [1.165, 1.54) is 0 Å². The van der Waals surface area contributed by atoms with Crippen molar-refractivity contribution in [1.82, 2.24) is 15.0 Å². The minimum Gasteiger partial charge on any atom is -0.464 e. The summed E-state index contributed by atoms with van der Waals surface area (Å²) in [6.07, 6.45) is 0. The molecule has 0 unspecified atom stereocenters. The number of carbonyl (C=O) groups excluding carboxylic acids is 1. The third-order valence-electron chi connectivity index (χ3n) is 2.02. The van der Waals surface area contributed by atoms with Crippen molar-refractivity contribution in [3.05, 3.63) is 0 Å². The fraction of sp³-hybridized carbons (Fsp3) is 0.556. The average molecular weight is 255 g/mol. The highest BCUT2D eigenvalue weighted by molar-refractivity contribution is 5.78. The number of hydrogen-bond acceptors (Lipinski definition) is 8. The van der Waals surface area contributed by atoms with Crippen molar-refractivity contribution in [2.75, 3.05) is 30.0 Å². The SMILES string of the molecule is CCOc1nc(NN)nc(N(CC)CC(N)=O)n1. The van der Waals surface area contributed by atoms with Crippen molar-refractivity contribution in [2.45, 2.75) is 13.8 Å². The van der Waals surface area contributed by atoms with E-state index in [0.29, 0.717) is 13.2 Å². The van der Waals surface area contributed by atoms with Crippen LogP contribution in [0, 0.1) is 0 Å². The van der Waals surface area contributed by atoms with E-state index in [9.17, 15) is 4.79 Å². The van der Waals surface area contributed by atoms with Crippen LogP contribution in [0.2, 0.25) is 0 Å². The van der Waals surface area contributed by atoms with E-state index < -0.39 is 5.91 Å². The molecule has 0 fully saturated rings. The van der Waals surface area contributed by atoms with Crippen LogP contribution in [0.5, 0.6) is 6.01 Å². The summed E-state index contributed by atoms with van der Waals surface area (Å²) >= 11 is 0. The molecule has 0 bridgehead atoms. The number of nitrogens with two attached hydrogens (primary N) is 2. The van der Waals surface area contributed by atoms with Gasteiger partial charge in [0.05, 0.1) is 13.2 Å². The highest BCUT2D eigenvalue weighted by atomic mass is 16.5. The Morgan fingerprint density at radius 2 is 2.11 bits per heavy atom. The van der Waals surface area contributed by atoms with Gasteiger partial charge in [0.15, 0.2) is 0 Å². The molecule has 0 atom stereocenters. The van der Waals surface area contributed by atoms with Gasteiger partial charge in [-0.25, -0.2) is 5.84 Å². The lowest BCUT2D eigenvalue weighted by molar-refractivity contribution is -0.116. The average Bonchev–Trinajstić information content (AvgIpc) is 2.35. The van der Waals surface area contributed by atoms with E-state index in [-0.39, 0.29) is 24.5 Å². The summed E-state index contributed by atoms with van der Waals surface area (Å²) in [6, 6.07) is 0.137. The molecule has 1 rings (SSSR count). The zero-order valence-corrected chi connectivity index (χ0v) is 10.4. The quantitative estimate of drug-likeness (QED) is 0.411. The molecule has 0 saturated carbocycles. The fourth-order valence-corrected chi connectivity index (χ4v) is 1.26. The van der Waals surface area contributed by atoms with Crippen LogP contribution < -0.4 is 26.6 Å². The van der Waals surface area contributed by atoms with Crippen LogP contribution in [0.15, 0.2) is 0 Å². The van der Waals surface area contributed by atoms with Crippen molar-refractivity contribution in [3.63, 3.8) is 0 Å². The second-order valence-electron chi connectivity index (χ2n) is 3.30. The molecule has 100 valence electrons. The molecule has 5 N–H and O–H groups in total. The standard InChI is InChI=1S/C9H17N7O2/c1-3-16(5-6(10)17)8-12-7(15-11)13-9(14-8)18-4-2/h3-5,11H2,1-2H3,(H2,10,17)(H,12,13,14,15). The van der Waals surface area contributed by atoms with Gasteiger partial charge in [-0.15, -0.1) is 0 Å². The van der Waals surface area contributed by atoms with Crippen molar-refractivity contribution in [2.24, 2.45) is 11.6 Å². The van der Waals surface area contributed by atoms with Crippen LogP contribution in [0.4, 0.5) is 11.9 Å². The van der Waals surface area contributed by atoms with Gasteiger partial charge in [-0.2, -0.15) is 15.0 Å². The lowest BCUT2D eigenvalue weighted by Gasteiger charge is -2.19. The van der Waals surface area contributed by atoms with Crippen molar-refractivity contribution in [3.8, 4) is 6.01 Å². The largest absolute Gasteiger partial charge is 0.464 e. The van der Waals surface area contributed by atoms with Crippen LogP contribution in [0.25, 0.3) is 0 Å². The highest BCUT2D eigenvalue weighted by Crippen LogP contribution is 2.14. The Bertz CT molecular complexity index is 412. The highest BCUT2D eigenvalue weighted by Gasteiger charge is 2.14. The zero-order valence-electron chi connectivity index (χ0n) is 10.4. The molecule has 1 aromatic heterocycles. The molecule has 9 nitrogen and oxygen atoms in total. The van der Waals surface area contributed by atoms with E-state index >= 15 is 0 Å². The van der Waals surface area contributed by atoms with Crippen LogP contribution in [-0.4, -0.2) is 40.6 Å². The topological polar surface area (TPSA) is 132 Å². The van der Waals surface area contributed by atoms with E-state index in [4.69, 9.17) is 16.3 Å². The lowest BCUT2D eigenvalue weighted by Crippen LogP contribution is -2.35. The monoisotopic (exact) mass is 255 g/mol. The maximum absolute atomic E-state index is 10.9. The first kappa shape index (κ1) is 13.9. The Hall–Kier alpha value is -2.16. The van der Waals surface area contributed by atoms with Gasteiger partial charge in [0.25, 0.3) is 0 Å². The van der Waals surface area contributed by atoms with E-state index in [1.54, 1.807) is 11.8 Å². The fourth-order valence-electron chi connectivity index (χ4n) is 1.26. The molecule has 1 amide bonds. The summed E-state index contributed by atoms with van der Waals surface area (Å²) in [7, 11) is 0. The number of carbonyl (C=O) groups is 1. The molecule has 18 heavy (non-hydrogen) atoms. The summed E-state index contributed by atoms with van der Waals surface area (Å²) in [5.74, 6) is 5.22. The molecule has 1 aromatic rings. The van der Waals surface area contributed by atoms with E-state index in [0.717, 1.165) is 0 Å². The molecular weight excluding hydrogens is 238 g/mol. The number of likely N-dealkylation sites (N-methyl/N-ethyl adjacent to an activating group) is 1. The first-order valence-electron chi connectivity index (χ1n) is 5.49. The van der Waals surface area contributed by atoms with Gasteiger partial charge < -0.3 is 15.4 Å². The maximum atomic E-state index is 10.9. The van der Waals surface area contributed by atoms with Gasteiger partial charge >= 0.3 is 6.01 Å². The second-order valence-corrected chi connectivity index (χ2v) is 3.30.